The smallest absolute Gasteiger partial charge is 0.325 e. The Morgan fingerprint density at radius 2 is 1.88 bits per heavy atom. The molecule has 1 unspecified atom stereocenters. The summed E-state index contributed by atoms with van der Waals surface area (Å²) in [7, 11) is 3.23. The molecule has 2 aliphatic heterocycles. The largest absolute Gasteiger partial charge is 0.497 e. The molecule has 5 rings (SSSR count). The van der Waals surface area contributed by atoms with Crippen LogP contribution in [0.15, 0.2) is 47.3 Å². The van der Waals surface area contributed by atoms with Gasteiger partial charge < -0.3 is 18.9 Å². The number of amides is 2. The van der Waals surface area contributed by atoms with Gasteiger partial charge in [-0.15, -0.1) is 0 Å². The van der Waals surface area contributed by atoms with E-state index in [0.717, 1.165) is 22.3 Å². The highest BCUT2D eigenvalue weighted by molar-refractivity contribution is 6.34. The molecule has 1 aromatic heterocycles. The highest BCUT2D eigenvalue weighted by atomic mass is 35.5. The lowest BCUT2D eigenvalue weighted by atomic mass is 9.87. The monoisotopic (exact) mass is 485 g/mol. The molecule has 0 saturated heterocycles. The molecule has 0 radical (unpaired) electrons. The molecule has 33 heavy (non-hydrogen) atoms. The van der Waals surface area contributed by atoms with Gasteiger partial charge in [0.25, 0.3) is 0 Å². The number of carbonyl (C=O) groups excluding carboxylic acids is 1. The van der Waals surface area contributed by atoms with Gasteiger partial charge in [0, 0.05) is 46.1 Å². The number of benzene rings is 2. The quantitative estimate of drug-likeness (QED) is 0.486. The molecule has 7 nitrogen and oxygen atoms in total. The predicted octanol–water partition coefficient (Wildman–Crippen LogP) is 5.55. The van der Waals surface area contributed by atoms with Gasteiger partial charge >= 0.3 is 6.03 Å². The number of carbonyl (C=O) groups is 1. The Morgan fingerprint density at radius 3 is 2.61 bits per heavy atom. The Hall–Kier alpha value is -3.16. The molecule has 2 aliphatic rings. The summed E-state index contributed by atoms with van der Waals surface area (Å²) in [5, 5.41) is 4.82. The highest BCUT2D eigenvalue weighted by Gasteiger charge is 2.37. The van der Waals surface area contributed by atoms with Gasteiger partial charge in [0.2, 0.25) is 0 Å². The number of hydrogen-bond donors (Lipinski definition) is 0. The number of rotatable bonds is 3. The molecule has 3 aromatic rings. The summed E-state index contributed by atoms with van der Waals surface area (Å²) in [6.45, 7) is 0.873. The molecule has 0 bridgehead atoms. The minimum Gasteiger partial charge on any atom is -0.497 e. The van der Waals surface area contributed by atoms with E-state index in [-0.39, 0.29) is 6.03 Å². The standard InChI is InChI=1S/C24H21Cl2N3O4/c1-31-19-9-14-3-6-29(24(30)28-5-4-20-16(13-28)12-27-33-20)23(22(14)21(11-19)32-2)15-7-17(25)10-18(26)8-15/h4-5,7-12,23H,3,6,13H2,1-2H3. The molecule has 9 heteroatoms. The molecule has 1 atom stereocenters. The van der Waals surface area contributed by atoms with Crippen molar-refractivity contribution < 1.29 is 18.8 Å². The first-order valence-electron chi connectivity index (χ1n) is 10.4. The number of aromatic nitrogens is 1. The van der Waals surface area contributed by atoms with Crippen LogP contribution in [0.5, 0.6) is 11.5 Å². The fourth-order valence-electron chi connectivity index (χ4n) is 4.49. The lowest BCUT2D eigenvalue weighted by Gasteiger charge is -2.40. The second kappa shape index (κ2) is 8.65. The van der Waals surface area contributed by atoms with Crippen LogP contribution in [0, 0.1) is 0 Å². The fourth-order valence-corrected chi connectivity index (χ4v) is 5.03. The van der Waals surface area contributed by atoms with E-state index in [1.807, 2.05) is 29.2 Å². The minimum atomic E-state index is -0.449. The third kappa shape index (κ3) is 3.92. The van der Waals surface area contributed by atoms with Gasteiger partial charge in [-0.1, -0.05) is 28.4 Å². The van der Waals surface area contributed by atoms with Gasteiger partial charge in [0.1, 0.15) is 11.5 Å². The Morgan fingerprint density at radius 1 is 1.09 bits per heavy atom. The lowest BCUT2D eigenvalue weighted by molar-refractivity contribution is 0.149. The van der Waals surface area contributed by atoms with Crippen molar-refractivity contribution >= 4 is 35.3 Å². The van der Waals surface area contributed by atoms with Crippen molar-refractivity contribution in [3.8, 4) is 11.5 Å². The Bertz CT molecular complexity index is 1220. The van der Waals surface area contributed by atoms with Crippen LogP contribution in [0.4, 0.5) is 4.79 Å². The van der Waals surface area contributed by atoms with Gasteiger partial charge in [-0.3, -0.25) is 4.90 Å². The second-order valence-corrected chi connectivity index (χ2v) is 8.77. The Kier molecular flexibility index (Phi) is 5.68. The van der Waals surface area contributed by atoms with Crippen molar-refractivity contribution in [3.05, 3.63) is 80.8 Å². The molecule has 170 valence electrons. The van der Waals surface area contributed by atoms with Crippen molar-refractivity contribution in [1.82, 2.24) is 15.0 Å². The number of urea groups is 1. The average Bonchev–Trinajstić information content (AvgIpc) is 3.29. The summed E-state index contributed by atoms with van der Waals surface area (Å²) >= 11 is 12.7. The maximum absolute atomic E-state index is 13.8. The van der Waals surface area contributed by atoms with Crippen molar-refractivity contribution in [2.75, 3.05) is 20.8 Å². The van der Waals surface area contributed by atoms with E-state index in [9.17, 15) is 4.79 Å². The summed E-state index contributed by atoms with van der Waals surface area (Å²) in [4.78, 5) is 17.3. The zero-order valence-corrected chi connectivity index (χ0v) is 19.6. The number of fused-ring (bicyclic) bond motifs is 2. The molecule has 2 aromatic carbocycles. The molecule has 0 fully saturated rings. The summed E-state index contributed by atoms with van der Waals surface area (Å²) in [5.74, 6) is 2.00. The molecular weight excluding hydrogens is 465 g/mol. The van der Waals surface area contributed by atoms with Crippen LogP contribution >= 0.6 is 23.2 Å². The first kappa shape index (κ1) is 21.7. The Labute approximate surface area is 201 Å². The van der Waals surface area contributed by atoms with Gasteiger partial charge in [0.05, 0.1) is 33.0 Å². The van der Waals surface area contributed by atoms with Gasteiger partial charge in [-0.05, 0) is 41.8 Å². The summed E-state index contributed by atoms with van der Waals surface area (Å²) in [5.41, 5.74) is 3.60. The van der Waals surface area contributed by atoms with Gasteiger partial charge in [-0.2, -0.15) is 0 Å². The van der Waals surface area contributed by atoms with Gasteiger partial charge in [0.15, 0.2) is 5.76 Å². The maximum Gasteiger partial charge on any atom is 0.325 e. The normalized spacial score (nSPS) is 16.9. The number of hydrogen-bond acceptors (Lipinski definition) is 5. The summed E-state index contributed by atoms with van der Waals surface area (Å²) in [6.07, 6.45) is 5.75. The van der Waals surface area contributed by atoms with Crippen LogP contribution < -0.4 is 9.47 Å². The van der Waals surface area contributed by atoms with E-state index in [2.05, 4.69) is 5.16 Å². The predicted molar refractivity (Wildman–Crippen MR) is 125 cm³/mol. The Balaban J connectivity index is 1.61. The number of halogens is 2. The number of methoxy groups -OCH3 is 2. The van der Waals surface area contributed by atoms with E-state index in [0.29, 0.717) is 46.8 Å². The molecule has 0 aliphatic carbocycles. The minimum absolute atomic E-state index is 0.150. The topological polar surface area (TPSA) is 68.0 Å². The molecule has 2 amide bonds. The zero-order chi connectivity index (χ0) is 23.1. The van der Waals surface area contributed by atoms with Crippen LogP contribution in [0.3, 0.4) is 0 Å². The maximum atomic E-state index is 13.8. The first-order valence-corrected chi connectivity index (χ1v) is 11.1. The summed E-state index contributed by atoms with van der Waals surface area (Å²) in [6, 6.07) is 8.56. The summed E-state index contributed by atoms with van der Waals surface area (Å²) < 4.78 is 16.4. The second-order valence-electron chi connectivity index (χ2n) is 7.89. The molecule has 0 N–H and O–H groups in total. The van der Waals surface area contributed by atoms with Crippen molar-refractivity contribution in [2.24, 2.45) is 0 Å². The van der Waals surface area contributed by atoms with Crippen molar-refractivity contribution in [3.63, 3.8) is 0 Å². The molecular formula is C24H21Cl2N3O4. The van der Waals surface area contributed by atoms with Crippen LogP contribution in [-0.2, 0) is 13.0 Å². The SMILES string of the molecule is COc1cc2c(c(OC)c1)C(c1cc(Cl)cc(Cl)c1)N(C(=O)N1C=Cc3oncc3C1)CC2. The molecule has 0 saturated carbocycles. The molecule has 3 heterocycles. The fraction of sp³-hybridized carbons (Fsp3) is 0.250. The van der Waals surface area contributed by atoms with Crippen LogP contribution in [0.1, 0.15) is 34.1 Å². The average molecular weight is 486 g/mol. The van der Waals surface area contributed by atoms with E-state index < -0.39 is 6.04 Å². The van der Waals surface area contributed by atoms with Crippen molar-refractivity contribution in [1.29, 1.82) is 0 Å². The first-order chi connectivity index (χ1) is 16.0. The number of ether oxygens (including phenoxy) is 2. The van der Waals surface area contributed by atoms with Crippen LogP contribution in [-0.4, -0.2) is 41.8 Å². The lowest BCUT2D eigenvalue weighted by Crippen LogP contribution is -2.46. The third-order valence-corrected chi connectivity index (χ3v) is 6.42. The third-order valence-electron chi connectivity index (χ3n) is 5.98. The van der Waals surface area contributed by atoms with Crippen LogP contribution in [0.25, 0.3) is 6.08 Å². The van der Waals surface area contributed by atoms with Crippen LogP contribution in [0.2, 0.25) is 10.0 Å². The highest BCUT2D eigenvalue weighted by Crippen LogP contribution is 2.44. The van der Waals surface area contributed by atoms with E-state index in [1.54, 1.807) is 43.7 Å². The van der Waals surface area contributed by atoms with Gasteiger partial charge in [-0.25, -0.2) is 4.79 Å². The van der Waals surface area contributed by atoms with E-state index in [1.165, 1.54) is 0 Å². The molecule has 0 spiro atoms. The van der Waals surface area contributed by atoms with Crippen molar-refractivity contribution in [2.45, 2.75) is 19.0 Å². The zero-order valence-electron chi connectivity index (χ0n) is 18.0. The van der Waals surface area contributed by atoms with E-state index >= 15 is 0 Å². The van der Waals surface area contributed by atoms with E-state index in [4.69, 9.17) is 37.2 Å². The number of nitrogens with zero attached hydrogens (tertiary/aromatic N) is 3.